The number of halogens is 2. The Morgan fingerprint density at radius 3 is 2.31 bits per heavy atom. The summed E-state index contributed by atoms with van der Waals surface area (Å²) >= 11 is 0. The van der Waals surface area contributed by atoms with E-state index in [0.29, 0.717) is 5.91 Å². The number of rotatable bonds is 1. The average molecular weight is 270 g/mol. The zero-order valence-electron chi connectivity index (χ0n) is 9.65. The van der Waals surface area contributed by atoms with Crippen LogP contribution in [0.15, 0.2) is 0 Å². The number of nitrogens with one attached hydrogen (secondary N) is 1. The Balaban J connectivity index is 0.00000112. The summed E-state index contributed by atoms with van der Waals surface area (Å²) in [4.78, 5) is 16.2. The van der Waals surface area contributed by atoms with Crippen molar-refractivity contribution < 1.29 is 4.79 Å². The maximum Gasteiger partial charge on any atom is 0.239 e. The van der Waals surface area contributed by atoms with Crippen LogP contribution in [-0.2, 0) is 4.79 Å². The summed E-state index contributed by atoms with van der Waals surface area (Å²) in [5.41, 5.74) is 0. The van der Waals surface area contributed by atoms with Crippen molar-refractivity contribution in [1.82, 2.24) is 15.1 Å². The molecule has 2 heterocycles. The highest BCUT2D eigenvalue weighted by Gasteiger charge is 2.28. The molecule has 1 N–H and O–H groups in total. The molecule has 6 heteroatoms. The van der Waals surface area contributed by atoms with Crippen molar-refractivity contribution >= 4 is 30.7 Å². The fourth-order valence-electron chi connectivity index (χ4n) is 2.14. The predicted molar refractivity (Wildman–Crippen MR) is 69.6 cm³/mol. The summed E-state index contributed by atoms with van der Waals surface area (Å²) in [6.07, 6.45) is 2.16. The predicted octanol–water partition coefficient (Wildman–Crippen LogP) is 0.356. The SMILES string of the molecule is CN1CCN(C(=O)C2CCCN2)CC1.Cl.Cl. The first-order chi connectivity index (χ1) is 6.77. The number of hydrogen-bond acceptors (Lipinski definition) is 3. The lowest BCUT2D eigenvalue weighted by atomic mass is 10.2. The van der Waals surface area contributed by atoms with Crippen molar-refractivity contribution in [3.63, 3.8) is 0 Å². The lowest BCUT2D eigenvalue weighted by Gasteiger charge is -2.33. The van der Waals surface area contributed by atoms with Crippen LogP contribution >= 0.6 is 24.8 Å². The van der Waals surface area contributed by atoms with Gasteiger partial charge in [0, 0.05) is 26.2 Å². The van der Waals surface area contributed by atoms with Crippen LogP contribution < -0.4 is 5.32 Å². The largest absolute Gasteiger partial charge is 0.339 e. The van der Waals surface area contributed by atoms with E-state index in [-0.39, 0.29) is 30.9 Å². The van der Waals surface area contributed by atoms with Gasteiger partial charge in [-0.2, -0.15) is 0 Å². The topological polar surface area (TPSA) is 35.6 Å². The summed E-state index contributed by atoms with van der Waals surface area (Å²) in [5.74, 6) is 0.315. The Labute approximate surface area is 110 Å². The number of hydrogen-bond donors (Lipinski definition) is 1. The quantitative estimate of drug-likeness (QED) is 0.747. The molecule has 0 aliphatic carbocycles. The van der Waals surface area contributed by atoms with Crippen LogP contribution in [0.2, 0.25) is 0 Å². The molecule has 0 spiro atoms. The van der Waals surface area contributed by atoms with Crippen molar-refractivity contribution in [2.75, 3.05) is 39.8 Å². The first-order valence-electron chi connectivity index (χ1n) is 5.48. The number of likely N-dealkylation sites (N-methyl/N-ethyl adjacent to an activating group) is 1. The molecule has 16 heavy (non-hydrogen) atoms. The lowest BCUT2D eigenvalue weighted by molar-refractivity contribution is -0.134. The second-order valence-electron chi connectivity index (χ2n) is 4.28. The molecule has 96 valence electrons. The molecule has 4 nitrogen and oxygen atoms in total. The fourth-order valence-corrected chi connectivity index (χ4v) is 2.14. The number of nitrogens with zero attached hydrogens (tertiary/aromatic N) is 2. The van der Waals surface area contributed by atoms with Crippen LogP contribution in [0.3, 0.4) is 0 Å². The third-order valence-electron chi connectivity index (χ3n) is 3.17. The monoisotopic (exact) mass is 269 g/mol. The van der Waals surface area contributed by atoms with Gasteiger partial charge in [-0.25, -0.2) is 0 Å². The highest BCUT2D eigenvalue weighted by Crippen LogP contribution is 2.10. The minimum Gasteiger partial charge on any atom is -0.339 e. The molecule has 2 aliphatic heterocycles. The zero-order chi connectivity index (χ0) is 9.97. The molecule has 0 aromatic rings. The standard InChI is InChI=1S/C10H19N3O.2ClH/c1-12-5-7-13(8-6-12)10(14)9-3-2-4-11-9;;/h9,11H,2-8H2,1H3;2*1H. The van der Waals surface area contributed by atoms with Gasteiger partial charge in [-0.1, -0.05) is 0 Å². The van der Waals surface area contributed by atoms with Gasteiger partial charge < -0.3 is 15.1 Å². The Bertz CT molecular complexity index is 214. The molecule has 2 rings (SSSR count). The first kappa shape index (κ1) is 16.0. The van der Waals surface area contributed by atoms with E-state index < -0.39 is 0 Å². The summed E-state index contributed by atoms with van der Waals surface area (Å²) in [6.45, 7) is 4.82. The van der Waals surface area contributed by atoms with Gasteiger partial charge in [-0.3, -0.25) is 4.79 Å². The van der Waals surface area contributed by atoms with Gasteiger partial charge in [-0.15, -0.1) is 24.8 Å². The van der Waals surface area contributed by atoms with Crippen LogP contribution in [0.1, 0.15) is 12.8 Å². The molecule has 2 saturated heterocycles. The highest BCUT2D eigenvalue weighted by atomic mass is 35.5. The second kappa shape index (κ2) is 7.33. The molecule has 0 radical (unpaired) electrons. The van der Waals surface area contributed by atoms with E-state index >= 15 is 0 Å². The number of carbonyl (C=O) groups is 1. The molecule has 0 bridgehead atoms. The molecule has 0 saturated carbocycles. The molecule has 0 aromatic heterocycles. The van der Waals surface area contributed by atoms with Crippen molar-refractivity contribution in [2.24, 2.45) is 0 Å². The van der Waals surface area contributed by atoms with E-state index in [0.717, 1.165) is 45.6 Å². The van der Waals surface area contributed by atoms with Crippen molar-refractivity contribution in [3.05, 3.63) is 0 Å². The highest BCUT2D eigenvalue weighted by molar-refractivity contribution is 5.85. The van der Waals surface area contributed by atoms with Gasteiger partial charge in [0.2, 0.25) is 5.91 Å². The van der Waals surface area contributed by atoms with Crippen molar-refractivity contribution in [3.8, 4) is 0 Å². The van der Waals surface area contributed by atoms with Gasteiger partial charge >= 0.3 is 0 Å². The average Bonchev–Trinajstić information content (AvgIpc) is 2.71. The summed E-state index contributed by atoms with van der Waals surface area (Å²) < 4.78 is 0. The Morgan fingerprint density at radius 2 is 1.81 bits per heavy atom. The van der Waals surface area contributed by atoms with Crippen molar-refractivity contribution in [1.29, 1.82) is 0 Å². The second-order valence-corrected chi connectivity index (χ2v) is 4.28. The van der Waals surface area contributed by atoms with E-state index in [1.54, 1.807) is 0 Å². The number of amides is 1. The Morgan fingerprint density at radius 1 is 1.19 bits per heavy atom. The third kappa shape index (κ3) is 3.77. The minimum atomic E-state index is 0. The van der Waals surface area contributed by atoms with Crippen LogP contribution in [0.5, 0.6) is 0 Å². The van der Waals surface area contributed by atoms with E-state index in [9.17, 15) is 4.79 Å². The first-order valence-corrected chi connectivity index (χ1v) is 5.48. The zero-order valence-corrected chi connectivity index (χ0v) is 11.3. The lowest BCUT2D eigenvalue weighted by Crippen LogP contribution is -2.52. The summed E-state index contributed by atoms with van der Waals surface area (Å²) in [5, 5.41) is 3.26. The van der Waals surface area contributed by atoms with Crippen LogP contribution in [0.4, 0.5) is 0 Å². The van der Waals surface area contributed by atoms with Crippen LogP contribution in [0, 0.1) is 0 Å². The van der Waals surface area contributed by atoms with E-state index in [4.69, 9.17) is 0 Å². The molecule has 1 unspecified atom stereocenters. The maximum absolute atomic E-state index is 12.0. The van der Waals surface area contributed by atoms with Crippen LogP contribution in [-0.4, -0.2) is 61.5 Å². The minimum absolute atomic E-state index is 0. The Hall–Kier alpha value is -0.0300. The van der Waals surface area contributed by atoms with Crippen molar-refractivity contribution in [2.45, 2.75) is 18.9 Å². The van der Waals surface area contributed by atoms with Gasteiger partial charge in [0.15, 0.2) is 0 Å². The van der Waals surface area contributed by atoms with Gasteiger partial charge in [-0.05, 0) is 26.4 Å². The number of piperazine rings is 1. The van der Waals surface area contributed by atoms with Gasteiger partial charge in [0.25, 0.3) is 0 Å². The van der Waals surface area contributed by atoms with Gasteiger partial charge in [0.05, 0.1) is 6.04 Å². The molecule has 0 aromatic carbocycles. The summed E-state index contributed by atoms with van der Waals surface area (Å²) in [7, 11) is 2.11. The Kier molecular flexibility index (Phi) is 7.31. The van der Waals surface area contributed by atoms with E-state index in [1.807, 2.05) is 4.90 Å². The van der Waals surface area contributed by atoms with E-state index in [2.05, 4.69) is 17.3 Å². The summed E-state index contributed by atoms with van der Waals surface area (Å²) in [6, 6.07) is 0.110. The molecule has 1 amide bonds. The van der Waals surface area contributed by atoms with E-state index in [1.165, 1.54) is 0 Å². The number of carbonyl (C=O) groups excluding carboxylic acids is 1. The third-order valence-corrected chi connectivity index (χ3v) is 3.17. The van der Waals surface area contributed by atoms with Crippen LogP contribution in [0.25, 0.3) is 0 Å². The fraction of sp³-hybridized carbons (Fsp3) is 0.900. The smallest absolute Gasteiger partial charge is 0.239 e. The molecular weight excluding hydrogens is 249 g/mol. The molecule has 2 aliphatic rings. The molecular formula is C10H21Cl2N3O. The molecule has 1 atom stereocenters. The normalized spacial score (nSPS) is 25.8. The maximum atomic E-state index is 12.0. The molecule has 2 fully saturated rings. The van der Waals surface area contributed by atoms with Gasteiger partial charge in [0.1, 0.15) is 0 Å².